The van der Waals surface area contributed by atoms with Crippen LogP contribution < -0.4 is 0 Å². The standard InChI is InChI=1S/C11H13ClFNO/c12-10-2-1-3-11(13)9(10)8-14-4-6-15-7-5-14/h1-3H,4-8H2. The van der Waals surface area contributed by atoms with Crippen LogP contribution in [-0.2, 0) is 11.3 Å². The molecule has 2 nitrogen and oxygen atoms in total. The van der Waals surface area contributed by atoms with Gasteiger partial charge >= 0.3 is 0 Å². The monoisotopic (exact) mass is 229 g/mol. The molecule has 0 unspecified atom stereocenters. The Kier molecular flexibility index (Phi) is 3.57. The Morgan fingerprint density at radius 3 is 2.73 bits per heavy atom. The van der Waals surface area contributed by atoms with Gasteiger partial charge in [-0.2, -0.15) is 0 Å². The third-order valence-electron chi connectivity index (χ3n) is 2.55. The summed E-state index contributed by atoms with van der Waals surface area (Å²) in [5.74, 6) is -0.228. The summed E-state index contributed by atoms with van der Waals surface area (Å²) in [6, 6.07) is 4.79. The molecule has 1 aromatic carbocycles. The lowest BCUT2D eigenvalue weighted by molar-refractivity contribution is 0.0337. The molecule has 1 aliphatic heterocycles. The van der Waals surface area contributed by atoms with Crippen LogP contribution in [0.1, 0.15) is 5.56 Å². The molecule has 1 fully saturated rings. The predicted molar refractivity (Wildman–Crippen MR) is 57.5 cm³/mol. The number of ether oxygens (including phenoxy) is 1. The number of benzene rings is 1. The van der Waals surface area contributed by atoms with Gasteiger partial charge in [-0.05, 0) is 12.1 Å². The molecular formula is C11H13ClFNO. The summed E-state index contributed by atoms with van der Waals surface area (Å²) in [5, 5.41) is 0.501. The molecule has 1 aliphatic rings. The van der Waals surface area contributed by atoms with E-state index in [1.54, 1.807) is 12.1 Å². The summed E-state index contributed by atoms with van der Waals surface area (Å²) in [4.78, 5) is 2.15. The summed E-state index contributed by atoms with van der Waals surface area (Å²) in [6.07, 6.45) is 0. The lowest BCUT2D eigenvalue weighted by Crippen LogP contribution is -2.35. The average molecular weight is 230 g/mol. The molecule has 0 atom stereocenters. The molecular weight excluding hydrogens is 217 g/mol. The second-order valence-corrected chi connectivity index (χ2v) is 4.00. The molecule has 2 rings (SSSR count). The fourth-order valence-electron chi connectivity index (χ4n) is 1.67. The van der Waals surface area contributed by atoms with Gasteiger partial charge in [0.2, 0.25) is 0 Å². The molecule has 0 aromatic heterocycles. The smallest absolute Gasteiger partial charge is 0.129 e. The second-order valence-electron chi connectivity index (χ2n) is 3.59. The zero-order chi connectivity index (χ0) is 10.7. The van der Waals surface area contributed by atoms with Gasteiger partial charge in [-0.3, -0.25) is 4.90 Å². The van der Waals surface area contributed by atoms with E-state index in [1.165, 1.54) is 6.07 Å². The number of hydrogen-bond acceptors (Lipinski definition) is 2. The van der Waals surface area contributed by atoms with Gasteiger partial charge in [0.15, 0.2) is 0 Å². The summed E-state index contributed by atoms with van der Waals surface area (Å²) in [7, 11) is 0. The first-order chi connectivity index (χ1) is 7.27. The van der Waals surface area contributed by atoms with Gasteiger partial charge in [-0.25, -0.2) is 4.39 Å². The highest BCUT2D eigenvalue weighted by Gasteiger charge is 2.14. The lowest BCUT2D eigenvalue weighted by atomic mass is 10.2. The highest BCUT2D eigenvalue weighted by molar-refractivity contribution is 6.31. The van der Waals surface area contributed by atoms with Crippen molar-refractivity contribution in [3.8, 4) is 0 Å². The molecule has 0 amide bonds. The van der Waals surface area contributed by atoms with Gasteiger partial charge in [0.05, 0.1) is 13.2 Å². The maximum absolute atomic E-state index is 13.5. The van der Waals surface area contributed by atoms with Crippen molar-refractivity contribution < 1.29 is 9.13 Å². The minimum Gasteiger partial charge on any atom is -0.379 e. The Morgan fingerprint density at radius 2 is 2.07 bits per heavy atom. The maximum Gasteiger partial charge on any atom is 0.129 e. The van der Waals surface area contributed by atoms with Crippen LogP contribution in [0.3, 0.4) is 0 Å². The van der Waals surface area contributed by atoms with Crippen molar-refractivity contribution in [3.63, 3.8) is 0 Å². The van der Waals surface area contributed by atoms with E-state index in [2.05, 4.69) is 4.90 Å². The number of nitrogens with zero attached hydrogens (tertiary/aromatic N) is 1. The Morgan fingerprint density at radius 1 is 1.33 bits per heavy atom. The zero-order valence-electron chi connectivity index (χ0n) is 8.38. The third kappa shape index (κ3) is 2.68. The van der Waals surface area contributed by atoms with E-state index < -0.39 is 0 Å². The van der Waals surface area contributed by atoms with Crippen molar-refractivity contribution >= 4 is 11.6 Å². The van der Waals surface area contributed by atoms with Crippen molar-refractivity contribution in [2.75, 3.05) is 26.3 Å². The first-order valence-corrected chi connectivity index (χ1v) is 5.38. The van der Waals surface area contributed by atoms with E-state index in [9.17, 15) is 4.39 Å². The minimum atomic E-state index is -0.228. The Bertz CT molecular complexity index is 319. The maximum atomic E-state index is 13.5. The minimum absolute atomic E-state index is 0.228. The summed E-state index contributed by atoms with van der Waals surface area (Å²) >= 11 is 5.95. The molecule has 1 aromatic rings. The fraction of sp³-hybridized carbons (Fsp3) is 0.455. The van der Waals surface area contributed by atoms with Crippen LogP contribution in [0, 0.1) is 5.82 Å². The molecule has 1 saturated heterocycles. The molecule has 1 heterocycles. The number of halogens is 2. The summed E-state index contributed by atoms with van der Waals surface area (Å²) < 4.78 is 18.7. The summed E-state index contributed by atoms with van der Waals surface area (Å²) in [5.41, 5.74) is 0.584. The third-order valence-corrected chi connectivity index (χ3v) is 2.90. The molecule has 0 radical (unpaired) electrons. The van der Waals surface area contributed by atoms with Crippen molar-refractivity contribution in [1.29, 1.82) is 0 Å². The Hall–Kier alpha value is -0.640. The molecule has 0 N–H and O–H groups in total. The van der Waals surface area contributed by atoms with Gasteiger partial charge < -0.3 is 4.74 Å². The van der Waals surface area contributed by atoms with Crippen LogP contribution in [0.4, 0.5) is 4.39 Å². The molecule has 0 saturated carbocycles. The van der Waals surface area contributed by atoms with Crippen LogP contribution in [0.5, 0.6) is 0 Å². The van der Waals surface area contributed by atoms with E-state index in [4.69, 9.17) is 16.3 Å². The Balaban J connectivity index is 2.09. The van der Waals surface area contributed by atoms with Crippen LogP contribution >= 0.6 is 11.6 Å². The van der Waals surface area contributed by atoms with Gasteiger partial charge in [-0.15, -0.1) is 0 Å². The molecule has 0 spiro atoms. The molecule has 4 heteroatoms. The van der Waals surface area contributed by atoms with Gasteiger partial charge in [0, 0.05) is 30.2 Å². The lowest BCUT2D eigenvalue weighted by Gasteiger charge is -2.26. The Labute approximate surface area is 93.6 Å². The molecule has 0 bridgehead atoms. The zero-order valence-corrected chi connectivity index (χ0v) is 9.13. The number of rotatable bonds is 2. The fourth-order valence-corrected chi connectivity index (χ4v) is 1.89. The van der Waals surface area contributed by atoms with E-state index in [0.29, 0.717) is 30.3 Å². The SMILES string of the molecule is Fc1cccc(Cl)c1CN1CCOCC1. The van der Waals surface area contributed by atoms with Crippen LogP contribution in [0.25, 0.3) is 0 Å². The van der Waals surface area contributed by atoms with Crippen LogP contribution in [0.15, 0.2) is 18.2 Å². The first-order valence-electron chi connectivity index (χ1n) is 5.00. The van der Waals surface area contributed by atoms with Crippen molar-refractivity contribution in [1.82, 2.24) is 4.90 Å². The number of morpholine rings is 1. The highest BCUT2D eigenvalue weighted by atomic mass is 35.5. The van der Waals surface area contributed by atoms with E-state index in [0.717, 1.165) is 13.1 Å². The average Bonchev–Trinajstić information content (AvgIpc) is 2.25. The molecule has 15 heavy (non-hydrogen) atoms. The van der Waals surface area contributed by atoms with Gasteiger partial charge in [-0.1, -0.05) is 17.7 Å². The quantitative estimate of drug-likeness (QED) is 0.772. The van der Waals surface area contributed by atoms with E-state index >= 15 is 0 Å². The topological polar surface area (TPSA) is 12.5 Å². The summed E-state index contributed by atoms with van der Waals surface area (Å²) in [6.45, 7) is 3.67. The van der Waals surface area contributed by atoms with Crippen molar-refractivity contribution in [3.05, 3.63) is 34.6 Å². The van der Waals surface area contributed by atoms with E-state index in [-0.39, 0.29) is 5.82 Å². The largest absolute Gasteiger partial charge is 0.379 e. The normalized spacial score (nSPS) is 18.0. The van der Waals surface area contributed by atoms with Gasteiger partial charge in [0.25, 0.3) is 0 Å². The molecule has 0 aliphatic carbocycles. The van der Waals surface area contributed by atoms with Crippen LogP contribution in [-0.4, -0.2) is 31.2 Å². The number of hydrogen-bond donors (Lipinski definition) is 0. The van der Waals surface area contributed by atoms with Crippen molar-refractivity contribution in [2.45, 2.75) is 6.54 Å². The first kappa shape index (κ1) is 10.9. The predicted octanol–water partition coefficient (Wildman–Crippen LogP) is 2.31. The van der Waals surface area contributed by atoms with Crippen molar-refractivity contribution in [2.24, 2.45) is 0 Å². The molecule has 82 valence electrons. The van der Waals surface area contributed by atoms with Gasteiger partial charge in [0.1, 0.15) is 5.82 Å². The van der Waals surface area contributed by atoms with Crippen LogP contribution in [0.2, 0.25) is 5.02 Å². The highest BCUT2D eigenvalue weighted by Crippen LogP contribution is 2.20. The van der Waals surface area contributed by atoms with E-state index in [1.807, 2.05) is 0 Å². The second kappa shape index (κ2) is 4.92.